The molecule has 0 atom stereocenters. The van der Waals surface area contributed by atoms with Crippen molar-refractivity contribution in [2.24, 2.45) is 0 Å². The number of alkyl halides is 3. The van der Waals surface area contributed by atoms with Crippen LogP contribution in [0, 0.1) is 18.3 Å². The number of Topliss-reactive ketones (excluding diaryl/α,β-unsaturated/α-hetero) is 1. The van der Waals surface area contributed by atoms with Gasteiger partial charge in [-0.25, -0.2) is 0 Å². The number of hydrogen-bond donors (Lipinski definition) is 0. The van der Waals surface area contributed by atoms with Crippen molar-refractivity contribution in [3.8, 4) is 17.3 Å². The van der Waals surface area contributed by atoms with Gasteiger partial charge in [0, 0.05) is 5.69 Å². The van der Waals surface area contributed by atoms with Gasteiger partial charge < -0.3 is 4.57 Å². The van der Waals surface area contributed by atoms with Gasteiger partial charge in [0.25, 0.3) is 0 Å². The first kappa shape index (κ1) is 18.0. The summed E-state index contributed by atoms with van der Waals surface area (Å²) >= 11 is 1.32. The van der Waals surface area contributed by atoms with Crippen molar-refractivity contribution in [2.45, 2.75) is 19.6 Å². The van der Waals surface area contributed by atoms with Gasteiger partial charge >= 0.3 is 6.18 Å². The van der Waals surface area contributed by atoms with Crippen molar-refractivity contribution < 1.29 is 18.0 Å². The zero-order valence-electron chi connectivity index (χ0n) is 13.7. The third-order valence-electron chi connectivity index (χ3n) is 4.01. The van der Waals surface area contributed by atoms with Crippen LogP contribution >= 0.6 is 11.3 Å². The third kappa shape index (κ3) is 3.41. The van der Waals surface area contributed by atoms with Crippen molar-refractivity contribution in [2.75, 3.05) is 0 Å². The van der Waals surface area contributed by atoms with Crippen LogP contribution < -0.4 is 0 Å². The van der Waals surface area contributed by atoms with Gasteiger partial charge in [-0.3, -0.25) is 4.79 Å². The van der Waals surface area contributed by atoms with Crippen molar-refractivity contribution in [1.29, 1.82) is 5.26 Å². The summed E-state index contributed by atoms with van der Waals surface area (Å²) in [5.74, 6) is -0.114. The topological polar surface area (TPSA) is 45.8 Å². The van der Waals surface area contributed by atoms with Gasteiger partial charge in [0.15, 0.2) is 5.78 Å². The fourth-order valence-electron chi connectivity index (χ4n) is 2.75. The molecule has 1 aromatic carbocycles. The molecule has 0 amide bonds. The average molecular weight is 374 g/mol. The molecule has 3 rings (SSSR count). The minimum absolute atomic E-state index is 0.0182. The summed E-state index contributed by atoms with van der Waals surface area (Å²) in [5, 5.41) is 11.2. The number of aromatic nitrogens is 1. The van der Waals surface area contributed by atoms with E-state index in [2.05, 4.69) is 6.07 Å². The maximum absolute atomic E-state index is 12.8. The van der Waals surface area contributed by atoms with Crippen LogP contribution in [0.4, 0.5) is 13.2 Å². The molecule has 132 valence electrons. The van der Waals surface area contributed by atoms with Gasteiger partial charge in [0.05, 0.1) is 28.2 Å². The fourth-order valence-corrected chi connectivity index (χ4v) is 3.41. The standard InChI is InChI=1S/C19H13F3N2OS/c1-12-9-14(10-23)18(13-4-6-15(7-5-13)19(20,21)22)24(12)11-16(25)17-3-2-8-26-17/h2-9H,11H2,1H3. The van der Waals surface area contributed by atoms with Crippen LogP contribution in [0.25, 0.3) is 11.3 Å². The van der Waals surface area contributed by atoms with E-state index >= 15 is 0 Å². The zero-order valence-corrected chi connectivity index (χ0v) is 14.5. The van der Waals surface area contributed by atoms with Crippen LogP contribution in [0.5, 0.6) is 0 Å². The van der Waals surface area contributed by atoms with Crippen molar-refractivity contribution in [1.82, 2.24) is 4.57 Å². The smallest absolute Gasteiger partial charge is 0.336 e. The van der Waals surface area contributed by atoms with Gasteiger partial charge in [-0.2, -0.15) is 18.4 Å². The summed E-state index contributed by atoms with van der Waals surface area (Å²) in [7, 11) is 0. The first-order valence-electron chi connectivity index (χ1n) is 7.66. The number of ketones is 1. The number of halogens is 3. The summed E-state index contributed by atoms with van der Waals surface area (Å²) in [6.45, 7) is 1.78. The molecule has 0 unspecified atom stereocenters. The van der Waals surface area contributed by atoms with Crippen LogP contribution in [0.2, 0.25) is 0 Å². The van der Waals surface area contributed by atoms with Gasteiger partial charge in [-0.1, -0.05) is 18.2 Å². The lowest BCUT2D eigenvalue weighted by Crippen LogP contribution is -2.12. The summed E-state index contributed by atoms with van der Waals surface area (Å²) in [5.41, 5.74) is 1.16. The Morgan fingerprint density at radius 1 is 1.23 bits per heavy atom. The largest absolute Gasteiger partial charge is 0.416 e. The lowest BCUT2D eigenvalue weighted by atomic mass is 10.1. The molecule has 0 radical (unpaired) electrons. The number of rotatable bonds is 4. The Balaban J connectivity index is 2.04. The number of nitriles is 1. The summed E-state index contributed by atoms with van der Waals surface area (Å²) < 4.78 is 40.0. The van der Waals surface area contributed by atoms with E-state index in [9.17, 15) is 23.2 Å². The van der Waals surface area contributed by atoms with E-state index in [-0.39, 0.29) is 12.3 Å². The molecule has 0 fully saturated rings. The molecule has 7 heteroatoms. The predicted molar refractivity (Wildman–Crippen MR) is 93.0 cm³/mol. The Kier molecular flexibility index (Phi) is 4.70. The molecule has 2 aromatic heterocycles. The molecule has 0 saturated carbocycles. The molecule has 3 aromatic rings. The number of carbonyl (C=O) groups is 1. The highest BCUT2D eigenvalue weighted by molar-refractivity contribution is 7.12. The van der Waals surface area contributed by atoms with E-state index < -0.39 is 11.7 Å². The zero-order chi connectivity index (χ0) is 18.9. The van der Waals surface area contributed by atoms with E-state index in [0.717, 1.165) is 12.1 Å². The number of carbonyl (C=O) groups excluding carboxylic acids is 1. The number of benzene rings is 1. The second-order valence-corrected chi connectivity index (χ2v) is 6.67. The second kappa shape index (κ2) is 6.81. The van der Waals surface area contributed by atoms with Crippen LogP contribution in [-0.2, 0) is 12.7 Å². The quantitative estimate of drug-likeness (QED) is 0.582. The molecular weight excluding hydrogens is 361 g/mol. The fraction of sp³-hybridized carbons (Fsp3) is 0.158. The molecule has 0 aliphatic carbocycles. The second-order valence-electron chi connectivity index (χ2n) is 5.72. The maximum atomic E-state index is 12.8. The highest BCUT2D eigenvalue weighted by atomic mass is 32.1. The predicted octanol–water partition coefficient (Wildman–Crippen LogP) is 5.30. The summed E-state index contributed by atoms with van der Waals surface area (Å²) in [6.07, 6.45) is -4.43. The lowest BCUT2D eigenvalue weighted by Gasteiger charge is -2.12. The Morgan fingerprint density at radius 3 is 2.46 bits per heavy atom. The van der Waals surface area contributed by atoms with Crippen LogP contribution in [-0.4, -0.2) is 10.4 Å². The Bertz CT molecular complexity index is 978. The molecule has 3 nitrogen and oxygen atoms in total. The van der Waals surface area contributed by atoms with Crippen molar-refractivity contribution in [3.05, 3.63) is 69.5 Å². The van der Waals surface area contributed by atoms with E-state index in [1.807, 2.05) is 0 Å². The van der Waals surface area contributed by atoms with E-state index in [4.69, 9.17) is 0 Å². The molecule has 0 spiro atoms. The van der Waals surface area contributed by atoms with E-state index in [0.29, 0.717) is 27.4 Å². The minimum atomic E-state index is -4.43. The van der Waals surface area contributed by atoms with Gasteiger partial charge in [0.1, 0.15) is 6.07 Å². The highest BCUT2D eigenvalue weighted by Crippen LogP contribution is 2.33. The van der Waals surface area contributed by atoms with Gasteiger partial charge in [-0.05, 0) is 42.1 Å². The molecular formula is C19H13F3N2OS. The third-order valence-corrected chi connectivity index (χ3v) is 4.92. The van der Waals surface area contributed by atoms with Gasteiger partial charge in [0.2, 0.25) is 0 Å². The molecule has 0 aliphatic rings. The molecule has 2 heterocycles. The number of nitrogens with zero attached hydrogens (tertiary/aromatic N) is 2. The van der Waals surface area contributed by atoms with Crippen LogP contribution in [0.3, 0.4) is 0 Å². The molecule has 0 saturated heterocycles. The average Bonchev–Trinajstić information content (AvgIpc) is 3.23. The van der Waals surface area contributed by atoms with Crippen LogP contribution in [0.1, 0.15) is 26.5 Å². The van der Waals surface area contributed by atoms with Crippen molar-refractivity contribution >= 4 is 17.1 Å². The first-order valence-corrected chi connectivity index (χ1v) is 8.54. The monoisotopic (exact) mass is 374 g/mol. The Hall–Kier alpha value is -2.85. The molecule has 0 bridgehead atoms. The first-order chi connectivity index (χ1) is 12.3. The van der Waals surface area contributed by atoms with E-state index in [1.165, 1.54) is 23.5 Å². The SMILES string of the molecule is Cc1cc(C#N)c(-c2ccc(C(F)(F)F)cc2)n1CC(=O)c1cccs1. The highest BCUT2D eigenvalue weighted by Gasteiger charge is 2.30. The lowest BCUT2D eigenvalue weighted by molar-refractivity contribution is -0.137. The molecule has 26 heavy (non-hydrogen) atoms. The number of aryl methyl sites for hydroxylation is 1. The van der Waals surface area contributed by atoms with E-state index in [1.54, 1.807) is 35.1 Å². The normalized spacial score (nSPS) is 11.3. The number of hydrogen-bond acceptors (Lipinski definition) is 3. The minimum Gasteiger partial charge on any atom is -0.336 e. The Labute approximate surface area is 151 Å². The number of thiophene rings is 1. The maximum Gasteiger partial charge on any atom is 0.416 e. The van der Waals surface area contributed by atoms with Crippen LogP contribution in [0.15, 0.2) is 47.8 Å². The summed E-state index contributed by atoms with van der Waals surface area (Å²) in [4.78, 5) is 13.0. The summed E-state index contributed by atoms with van der Waals surface area (Å²) in [6, 6.07) is 11.8. The van der Waals surface area contributed by atoms with Gasteiger partial charge in [-0.15, -0.1) is 11.3 Å². The molecule has 0 N–H and O–H groups in total. The van der Waals surface area contributed by atoms with Crippen molar-refractivity contribution in [3.63, 3.8) is 0 Å². The molecule has 0 aliphatic heterocycles. The Morgan fingerprint density at radius 2 is 1.92 bits per heavy atom.